The SMILES string of the molecule is CCCCCNc1cc(C(=O)N(CC)c2cccc(C)c2)nc(C)n1. The zero-order valence-electron chi connectivity index (χ0n) is 15.7. The lowest BCUT2D eigenvalue weighted by Crippen LogP contribution is -2.31. The van der Waals surface area contributed by atoms with E-state index in [1.807, 2.05) is 45.0 Å². The zero-order chi connectivity index (χ0) is 18.2. The van der Waals surface area contributed by atoms with Crippen LogP contribution < -0.4 is 10.2 Å². The smallest absolute Gasteiger partial charge is 0.277 e. The van der Waals surface area contributed by atoms with Crippen LogP contribution in [0.25, 0.3) is 0 Å². The van der Waals surface area contributed by atoms with Crippen molar-refractivity contribution in [2.75, 3.05) is 23.3 Å². The summed E-state index contributed by atoms with van der Waals surface area (Å²) in [6.45, 7) is 9.43. The Balaban J connectivity index is 2.20. The second-order valence-corrected chi connectivity index (χ2v) is 6.21. The minimum Gasteiger partial charge on any atom is -0.370 e. The molecule has 0 bridgehead atoms. The van der Waals surface area contributed by atoms with Crippen molar-refractivity contribution in [1.29, 1.82) is 0 Å². The van der Waals surface area contributed by atoms with Gasteiger partial charge in [-0.3, -0.25) is 4.79 Å². The molecule has 0 saturated heterocycles. The van der Waals surface area contributed by atoms with Gasteiger partial charge < -0.3 is 10.2 Å². The summed E-state index contributed by atoms with van der Waals surface area (Å²) in [6.07, 6.45) is 3.45. The molecule has 0 radical (unpaired) electrons. The van der Waals surface area contributed by atoms with Gasteiger partial charge >= 0.3 is 0 Å². The van der Waals surface area contributed by atoms with Crippen LogP contribution in [0.1, 0.15) is 55.0 Å². The van der Waals surface area contributed by atoms with Crippen LogP contribution >= 0.6 is 0 Å². The van der Waals surface area contributed by atoms with E-state index < -0.39 is 0 Å². The van der Waals surface area contributed by atoms with Crippen molar-refractivity contribution in [2.45, 2.75) is 47.0 Å². The first-order valence-corrected chi connectivity index (χ1v) is 9.03. The number of aromatic nitrogens is 2. The first-order chi connectivity index (χ1) is 12.0. The van der Waals surface area contributed by atoms with E-state index in [0.717, 1.165) is 24.2 Å². The van der Waals surface area contributed by atoms with Gasteiger partial charge in [-0.05, 0) is 44.9 Å². The molecule has 1 aromatic carbocycles. The molecule has 1 aromatic heterocycles. The first kappa shape index (κ1) is 18.9. The third-order valence-electron chi connectivity index (χ3n) is 4.02. The van der Waals surface area contributed by atoms with E-state index >= 15 is 0 Å². The molecule has 0 aliphatic heterocycles. The topological polar surface area (TPSA) is 58.1 Å². The first-order valence-electron chi connectivity index (χ1n) is 9.03. The Bertz CT molecular complexity index is 715. The number of carbonyl (C=O) groups is 1. The van der Waals surface area contributed by atoms with Crippen LogP contribution in [0.2, 0.25) is 0 Å². The molecule has 1 heterocycles. The second kappa shape index (κ2) is 9.16. The minimum absolute atomic E-state index is 0.102. The van der Waals surface area contributed by atoms with Crippen LogP contribution in [0.4, 0.5) is 11.5 Å². The van der Waals surface area contributed by atoms with E-state index in [2.05, 4.69) is 22.2 Å². The quantitative estimate of drug-likeness (QED) is 0.725. The molecule has 1 amide bonds. The number of carbonyl (C=O) groups excluding carboxylic acids is 1. The molecule has 0 aliphatic rings. The minimum atomic E-state index is -0.102. The summed E-state index contributed by atoms with van der Waals surface area (Å²) >= 11 is 0. The van der Waals surface area contributed by atoms with Gasteiger partial charge in [0.25, 0.3) is 5.91 Å². The summed E-state index contributed by atoms with van der Waals surface area (Å²) in [4.78, 5) is 23.5. The predicted molar refractivity (Wildman–Crippen MR) is 103 cm³/mol. The summed E-state index contributed by atoms with van der Waals surface area (Å²) in [5.41, 5.74) is 2.44. The van der Waals surface area contributed by atoms with Crippen LogP contribution in [0.5, 0.6) is 0 Å². The predicted octanol–water partition coefficient (Wildman–Crippen LogP) is 4.36. The van der Waals surface area contributed by atoms with E-state index in [4.69, 9.17) is 0 Å². The van der Waals surface area contributed by atoms with E-state index in [1.54, 1.807) is 11.0 Å². The Morgan fingerprint density at radius 1 is 1.12 bits per heavy atom. The Kier molecular flexibility index (Phi) is 6.92. The van der Waals surface area contributed by atoms with Crippen molar-refractivity contribution in [3.05, 3.63) is 47.4 Å². The van der Waals surface area contributed by atoms with Gasteiger partial charge in [0.1, 0.15) is 17.3 Å². The summed E-state index contributed by atoms with van der Waals surface area (Å²) in [5, 5.41) is 3.30. The normalized spacial score (nSPS) is 10.6. The van der Waals surface area contributed by atoms with E-state index in [-0.39, 0.29) is 5.91 Å². The number of benzene rings is 1. The Morgan fingerprint density at radius 3 is 2.60 bits per heavy atom. The van der Waals surface area contributed by atoms with Gasteiger partial charge in [0, 0.05) is 24.8 Å². The molecule has 134 valence electrons. The maximum absolute atomic E-state index is 13.0. The summed E-state index contributed by atoms with van der Waals surface area (Å²) < 4.78 is 0. The van der Waals surface area contributed by atoms with Crippen molar-refractivity contribution in [3.8, 4) is 0 Å². The fourth-order valence-electron chi connectivity index (χ4n) is 2.74. The number of anilines is 2. The number of amides is 1. The average Bonchev–Trinajstić information content (AvgIpc) is 2.59. The molecule has 0 fully saturated rings. The fourth-order valence-corrected chi connectivity index (χ4v) is 2.74. The lowest BCUT2D eigenvalue weighted by molar-refractivity contribution is 0.0983. The molecule has 0 aliphatic carbocycles. The number of nitrogens with zero attached hydrogens (tertiary/aromatic N) is 3. The number of rotatable bonds is 8. The summed E-state index contributed by atoms with van der Waals surface area (Å²) in [5.74, 6) is 1.21. The number of hydrogen-bond donors (Lipinski definition) is 1. The lowest BCUT2D eigenvalue weighted by Gasteiger charge is -2.21. The Morgan fingerprint density at radius 2 is 1.92 bits per heavy atom. The summed E-state index contributed by atoms with van der Waals surface area (Å²) in [7, 11) is 0. The van der Waals surface area contributed by atoms with Gasteiger partial charge in [-0.1, -0.05) is 31.9 Å². The maximum Gasteiger partial charge on any atom is 0.277 e. The van der Waals surface area contributed by atoms with E-state index in [0.29, 0.717) is 23.9 Å². The number of hydrogen-bond acceptors (Lipinski definition) is 4. The van der Waals surface area contributed by atoms with Crippen LogP contribution in [-0.4, -0.2) is 29.0 Å². The molecular weight excluding hydrogens is 312 g/mol. The van der Waals surface area contributed by atoms with Gasteiger partial charge in [0.05, 0.1) is 0 Å². The molecule has 2 rings (SSSR count). The molecule has 25 heavy (non-hydrogen) atoms. The van der Waals surface area contributed by atoms with Gasteiger partial charge in [0.15, 0.2) is 0 Å². The third-order valence-corrected chi connectivity index (χ3v) is 4.02. The molecular formula is C20H28N4O. The molecule has 5 heteroatoms. The van der Waals surface area contributed by atoms with Gasteiger partial charge in [-0.25, -0.2) is 9.97 Å². The number of nitrogens with one attached hydrogen (secondary N) is 1. The third kappa shape index (κ3) is 5.28. The zero-order valence-corrected chi connectivity index (χ0v) is 15.7. The largest absolute Gasteiger partial charge is 0.370 e. The highest BCUT2D eigenvalue weighted by molar-refractivity contribution is 6.05. The van der Waals surface area contributed by atoms with Crippen molar-refractivity contribution in [2.24, 2.45) is 0 Å². The van der Waals surface area contributed by atoms with Gasteiger partial charge in [-0.2, -0.15) is 0 Å². The highest BCUT2D eigenvalue weighted by Gasteiger charge is 2.19. The van der Waals surface area contributed by atoms with Gasteiger partial charge in [0.2, 0.25) is 0 Å². The van der Waals surface area contributed by atoms with Crippen molar-refractivity contribution < 1.29 is 4.79 Å². The van der Waals surface area contributed by atoms with Crippen molar-refractivity contribution in [3.63, 3.8) is 0 Å². The molecule has 0 unspecified atom stereocenters. The Labute approximate surface area is 150 Å². The molecule has 1 N–H and O–H groups in total. The van der Waals surface area contributed by atoms with Crippen LogP contribution in [0.3, 0.4) is 0 Å². The number of unbranched alkanes of at least 4 members (excludes halogenated alkanes) is 2. The monoisotopic (exact) mass is 340 g/mol. The number of aryl methyl sites for hydroxylation is 2. The van der Waals surface area contributed by atoms with Crippen LogP contribution in [0.15, 0.2) is 30.3 Å². The summed E-state index contributed by atoms with van der Waals surface area (Å²) in [6, 6.07) is 9.70. The van der Waals surface area contributed by atoms with Crippen LogP contribution in [-0.2, 0) is 0 Å². The van der Waals surface area contributed by atoms with Crippen LogP contribution in [0, 0.1) is 13.8 Å². The van der Waals surface area contributed by atoms with Gasteiger partial charge in [-0.15, -0.1) is 0 Å². The molecule has 0 atom stereocenters. The molecule has 0 spiro atoms. The molecule has 2 aromatic rings. The van der Waals surface area contributed by atoms with Crippen molar-refractivity contribution in [1.82, 2.24) is 9.97 Å². The van der Waals surface area contributed by atoms with Crippen molar-refractivity contribution >= 4 is 17.4 Å². The fraction of sp³-hybridized carbons (Fsp3) is 0.450. The average molecular weight is 340 g/mol. The Hall–Kier alpha value is -2.43. The maximum atomic E-state index is 13.0. The second-order valence-electron chi connectivity index (χ2n) is 6.21. The standard InChI is InChI=1S/C20H28N4O/c1-5-7-8-12-21-19-14-18(22-16(4)23-19)20(25)24(6-2)17-11-9-10-15(3)13-17/h9-11,13-14H,5-8,12H2,1-4H3,(H,21,22,23). The highest BCUT2D eigenvalue weighted by Crippen LogP contribution is 2.19. The lowest BCUT2D eigenvalue weighted by atomic mass is 10.2. The van der Waals surface area contributed by atoms with E-state index in [1.165, 1.54) is 12.8 Å². The molecule has 5 nitrogen and oxygen atoms in total. The highest BCUT2D eigenvalue weighted by atomic mass is 16.2. The molecule has 0 saturated carbocycles. The van der Waals surface area contributed by atoms with E-state index in [9.17, 15) is 4.79 Å².